The van der Waals surface area contributed by atoms with Gasteiger partial charge in [0.15, 0.2) is 11.6 Å². The van der Waals surface area contributed by atoms with Gasteiger partial charge in [0, 0.05) is 15.8 Å². The van der Waals surface area contributed by atoms with Crippen LogP contribution in [-0.4, -0.2) is 22.9 Å². The highest BCUT2D eigenvalue weighted by atomic mass is 32.1. The molecule has 0 spiro atoms. The van der Waals surface area contributed by atoms with E-state index in [1.165, 1.54) is 34.9 Å². The highest BCUT2D eigenvalue weighted by Crippen LogP contribution is 2.23. The van der Waals surface area contributed by atoms with Crippen LogP contribution in [0.4, 0.5) is 4.39 Å². The molecular weight excluding hydrogens is 335 g/mol. The molecule has 0 saturated carbocycles. The third-order valence-electron chi connectivity index (χ3n) is 3.26. The third kappa shape index (κ3) is 4.17. The standard InChI is InChI=1S/C16H15FN2O4S/c1-8(15(20)21)4-11-5-10(7-24-11)16(22)23-13-3-2-9(14(18)19)6-12(13)17/h2-3,5-8H,4H2,1H3,(H3,18,19)(H,20,21). The molecule has 1 atom stereocenters. The van der Waals surface area contributed by atoms with E-state index < -0.39 is 23.7 Å². The van der Waals surface area contributed by atoms with E-state index in [9.17, 15) is 14.0 Å². The van der Waals surface area contributed by atoms with Gasteiger partial charge in [-0.15, -0.1) is 11.3 Å². The Hall–Kier alpha value is -2.74. The number of rotatable bonds is 6. The van der Waals surface area contributed by atoms with E-state index in [4.69, 9.17) is 21.0 Å². The van der Waals surface area contributed by atoms with Crippen LogP contribution in [0.5, 0.6) is 5.75 Å². The molecule has 0 saturated heterocycles. The maximum Gasteiger partial charge on any atom is 0.344 e. The fourth-order valence-corrected chi connectivity index (χ4v) is 2.88. The number of thiophene rings is 1. The van der Waals surface area contributed by atoms with Gasteiger partial charge >= 0.3 is 11.9 Å². The first-order valence-electron chi connectivity index (χ1n) is 6.94. The third-order valence-corrected chi connectivity index (χ3v) is 4.22. The molecule has 1 aromatic heterocycles. The largest absolute Gasteiger partial charge is 0.481 e. The summed E-state index contributed by atoms with van der Waals surface area (Å²) in [6, 6.07) is 5.15. The molecule has 0 fully saturated rings. The number of ether oxygens (including phenoxy) is 1. The number of carbonyl (C=O) groups excluding carboxylic acids is 1. The van der Waals surface area contributed by atoms with E-state index in [0.29, 0.717) is 6.42 Å². The number of benzene rings is 1. The number of hydrogen-bond acceptors (Lipinski definition) is 5. The van der Waals surface area contributed by atoms with Crippen molar-refractivity contribution in [2.24, 2.45) is 11.7 Å². The van der Waals surface area contributed by atoms with Crippen LogP contribution < -0.4 is 10.5 Å². The first-order valence-corrected chi connectivity index (χ1v) is 7.82. The minimum Gasteiger partial charge on any atom is -0.481 e. The van der Waals surface area contributed by atoms with Crippen LogP contribution in [0.2, 0.25) is 0 Å². The highest BCUT2D eigenvalue weighted by Gasteiger charge is 2.17. The zero-order chi connectivity index (χ0) is 17.9. The smallest absolute Gasteiger partial charge is 0.344 e. The molecule has 1 heterocycles. The number of aliphatic carboxylic acids is 1. The van der Waals surface area contributed by atoms with Crippen LogP contribution in [-0.2, 0) is 11.2 Å². The molecule has 0 amide bonds. The molecule has 2 aromatic rings. The Morgan fingerprint density at radius 1 is 1.38 bits per heavy atom. The molecule has 0 radical (unpaired) electrons. The average molecular weight is 350 g/mol. The minimum absolute atomic E-state index is 0.188. The molecule has 2 rings (SSSR count). The SMILES string of the molecule is CC(Cc1cc(C(=O)Oc2ccc(C(=N)N)cc2F)cs1)C(=O)O. The van der Waals surface area contributed by atoms with Gasteiger partial charge in [-0.05, 0) is 30.7 Å². The molecule has 0 aliphatic carbocycles. The van der Waals surface area contributed by atoms with Gasteiger partial charge in [0.25, 0.3) is 0 Å². The summed E-state index contributed by atoms with van der Waals surface area (Å²) in [7, 11) is 0. The predicted octanol–water partition coefficient (Wildman–Crippen LogP) is 2.65. The van der Waals surface area contributed by atoms with Crippen molar-refractivity contribution in [3.63, 3.8) is 0 Å². The maximum absolute atomic E-state index is 13.9. The summed E-state index contributed by atoms with van der Waals surface area (Å²) in [4.78, 5) is 23.6. The van der Waals surface area contributed by atoms with E-state index in [2.05, 4.69) is 0 Å². The van der Waals surface area contributed by atoms with Crippen molar-refractivity contribution in [1.82, 2.24) is 0 Å². The molecule has 0 bridgehead atoms. The molecule has 0 aliphatic heterocycles. The summed E-state index contributed by atoms with van der Waals surface area (Å²) < 4.78 is 18.9. The summed E-state index contributed by atoms with van der Waals surface area (Å²) >= 11 is 1.24. The number of carboxylic acids is 1. The number of carboxylic acid groups (broad SMARTS) is 1. The average Bonchev–Trinajstić information content (AvgIpc) is 2.97. The van der Waals surface area contributed by atoms with Gasteiger partial charge in [-0.25, -0.2) is 9.18 Å². The minimum atomic E-state index is -0.917. The van der Waals surface area contributed by atoms with Crippen molar-refractivity contribution in [3.05, 3.63) is 51.5 Å². The maximum atomic E-state index is 13.9. The molecule has 0 aliphatic rings. The lowest BCUT2D eigenvalue weighted by molar-refractivity contribution is -0.141. The summed E-state index contributed by atoms with van der Waals surface area (Å²) in [5.41, 5.74) is 5.67. The van der Waals surface area contributed by atoms with Crippen LogP contribution >= 0.6 is 11.3 Å². The van der Waals surface area contributed by atoms with Crippen molar-refractivity contribution in [2.45, 2.75) is 13.3 Å². The van der Waals surface area contributed by atoms with Crippen molar-refractivity contribution in [3.8, 4) is 5.75 Å². The highest BCUT2D eigenvalue weighted by molar-refractivity contribution is 7.10. The summed E-state index contributed by atoms with van der Waals surface area (Å²) in [5.74, 6) is -3.58. The Morgan fingerprint density at radius 2 is 2.08 bits per heavy atom. The lowest BCUT2D eigenvalue weighted by atomic mass is 10.1. The number of nitrogens with one attached hydrogen (secondary N) is 1. The van der Waals surface area contributed by atoms with Crippen molar-refractivity contribution in [2.75, 3.05) is 0 Å². The van der Waals surface area contributed by atoms with Crippen LogP contribution in [0.1, 0.15) is 27.7 Å². The summed E-state index contributed by atoms with van der Waals surface area (Å²) in [6.45, 7) is 1.58. The first-order chi connectivity index (χ1) is 11.3. The molecule has 1 aromatic carbocycles. The lowest BCUT2D eigenvalue weighted by Crippen LogP contribution is -2.13. The van der Waals surface area contributed by atoms with Gasteiger partial charge in [-0.3, -0.25) is 10.2 Å². The second-order valence-corrected chi connectivity index (χ2v) is 6.19. The van der Waals surface area contributed by atoms with Crippen molar-refractivity contribution in [1.29, 1.82) is 5.41 Å². The Balaban J connectivity index is 2.09. The number of carbonyl (C=O) groups is 2. The van der Waals surface area contributed by atoms with E-state index in [1.807, 2.05) is 0 Å². The van der Waals surface area contributed by atoms with E-state index in [1.54, 1.807) is 6.92 Å². The first kappa shape index (κ1) is 17.6. The lowest BCUT2D eigenvalue weighted by Gasteiger charge is -2.06. The van der Waals surface area contributed by atoms with Crippen molar-refractivity contribution >= 4 is 29.1 Å². The predicted molar refractivity (Wildman–Crippen MR) is 87.2 cm³/mol. The fraction of sp³-hybridized carbons (Fsp3) is 0.188. The summed E-state index contributed by atoms with van der Waals surface area (Å²) in [5, 5.41) is 17.7. The van der Waals surface area contributed by atoms with Gasteiger partial charge in [0.2, 0.25) is 0 Å². The molecule has 24 heavy (non-hydrogen) atoms. The second-order valence-electron chi connectivity index (χ2n) is 5.19. The Kier molecular flexibility index (Phi) is 5.30. The van der Waals surface area contributed by atoms with Crippen LogP contribution in [0.25, 0.3) is 0 Å². The van der Waals surface area contributed by atoms with E-state index in [0.717, 1.165) is 10.9 Å². The monoisotopic (exact) mass is 350 g/mol. The van der Waals surface area contributed by atoms with Gasteiger partial charge in [0.05, 0.1) is 11.5 Å². The molecule has 8 heteroatoms. The van der Waals surface area contributed by atoms with Gasteiger partial charge in [-0.1, -0.05) is 6.92 Å². The van der Waals surface area contributed by atoms with Gasteiger partial charge in [-0.2, -0.15) is 0 Å². The fourth-order valence-electron chi connectivity index (χ4n) is 1.89. The quantitative estimate of drug-likeness (QED) is 0.321. The number of hydrogen-bond donors (Lipinski definition) is 3. The second kappa shape index (κ2) is 7.22. The molecule has 6 nitrogen and oxygen atoms in total. The topological polar surface area (TPSA) is 113 Å². The number of esters is 1. The van der Waals surface area contributed by atoms with E-state index >= 15 is 0 Å². The molecular formula is C16H15FN2O4S. The Morgan fingerprint density at radius 3 is 2.67 bits per heavy atom. The van der Waals surface area contributed by atoms with Crippen LogP contribution in [0.15, 0.2) is 29.6 Å². The molecule has 4 N–H and O–H groups in total. The Bertz CT molecular complexity index is 803. The number of nitrogen functional groups attached to an aromatic ring is 1. The summed E-state index contributed by atoms with van der Waals surface area (Å²) in [6.07, 6.45) is 0.301. The van der Waals surface area contributed by atoms with Crippen LogP contribution in [0, 0.1) is 17.1 Å². The number of halogens is 1. The molecule has 126 valence electrons. The van der Waals surface area contributed by atoms with Crippen molar-refractivity contribution < 1.29 is 23.8 Å². The normalized spacial score (nSPS) is 11.8. The van der Waals surface area contributed by atoms with E-state index in [-0.39, 0.29) is 22.7 Å². The van der Waals surface area contributed by atoms with Gasteiger partial charge < -0.3 is 15.6 Å². The Labute approximate surface area is 141 Å². The zero-order valence-electron chi connectivity index (χ0n) is 12.7. The van der Waals surface area contributed by atoms with Crippen LogP contribution in [0.3, 0.4) is 0 Å². The van der Waals surface area contributed by atoms with Gasteiger partial charge in [0.1, 0.15) is 5.84 Å². The molecule has 1 unspecified atom stereocenters. The number of amidine groups is 1. The number of nitrogens with two attached hydrogens (primary N) is 1. The zero-order valence-corrected chi connectivity index (χ0v) is 13.5.